The third-order valence-corrected chi connectivity index (χ3v) is 7.31. The Balaban J connectivity index is 1.53. The van der Waals surface area contributed by atoms with Gasteiger partial charge in [0.25, 0.3) is 5.56 Å². The molecule has 1 amide bonds. The van der Waals surface area contributed by atoms with E-state index in [-0.39, 0.29) is 17.0 Å². The van der Waals surface area contributed by atoms with Crippen LogP contribution in [0.4, 0.5) is 5.69 Å². The van der Waals surface area contributed by atoms with Crippen molar-refractivity contribution in [3.63, 3.8) is 0 Å². The minimum absolute atomic E-state index is 0.136. The van der Waals surface area contributed by atoms with Crippen molar-refractivity contribution in [2.75, 3.05) is 18.4 Å². The topological polar surface area (TPSA) is 101 Å². The quantitative estimate of drug-likeness (QED) is 0.592. The second kappa shape index (κ2) is 8.29. The molecule has 1 saturated heterocycles. The number of aromatic nitrogens is 2. The third-order valence-electron chi connectivity index (χ3n) is 4.92. The van der Waals surface area contributed by atoms with Crippen LogP contribution in [-0.4, -0.2) is 41.3 Å². The fourth-order valence-corrected chi connectivity index (χ4v) is 5.34. The molecule has 3 aromatic rings. The van der Waals surface area contributed by atoms with Crippen molar-refractivity contribution >= 4 is 48.5 Å². The number of rotatable bonds is 5. The average Bonchev–Trinajstić information content (AvgIpc) is 3.26. The van der Waals surface area contributed by atoms with Crippen LogP contribution in [0.1, 0.15) is 12.8 Å². The Morgan fingerprint density at radius 2 is 1.90 bits per heavy atom. The van der Waals surface area contributed by atoms with E-state index in [9.17, 15) is 18.0 Å². The lowest BCUT2D eigenvalue weighted by Gasteiger charge is -2.16. The Hall–Kier alpha value is -2.56. The monoisotopic (exact) mass is 490 g/mol. The van der Waals surface area contributed by atoms with E-state index in [2.05, 4.69) is 26.2 Å². The highest BCUT2D eigenvalue weighted by Crippen LogP contribution is 2.23. The number of amides is 1. The molecule has 1 aliphatic heterocycles. The number of hydrogen-bond donors (Lipinski definition) is 1. The van der Waals surface area contributed by atoms with E-state index in [0.717, 1.165) is 17.3 Å². The van der Waals surface area contributed by atoms with Crippen molar-refractivity contribution in [1.29, 1.82) is 0 Å². The maximum absolute atomic E-state index is 12.7. The number of carbonyl (C=O) groups excluding carboxylic acids is 1. The zero-order valence-electron chi connectivity index (χ0n) is 15.9. The summed E-state index contributed by atoms with van der Waals surface area (Å²) in [5.41, 5.74) is 0.561. The van der Waals surface area contributed by atoms with Gasteiger partial charge in [0.2, 0.25) is 15.9 Å². The summed E-state index contributed by atoms with van der Waals surface area (Å²) in [7, 11) is -3.58. The van der Waals surface area contributed by atoms with Gasteiger partial charge in [0.05, 0.1) is 22.1 Å². The van der Waals surface area contributed by atoms with Crippen LogP contribution in [-0.2, 0) is 21.4 Å². The second-order valence-electron chi connectivity index (χ2n) is 7.03. The number of carbonyl (C=O) groups is 1. The van der Waals surface area contributed by atoms with Gasteiger partial charge < -0.3 is 5.32 Å². The Kier molecular flexibility index (Phi) is 5.72. The number of nitrogens with zero attached hydrogens (tertiary/aromatic N) is 3. The number of sulfonamides is 1. The predicted octanol–water partition coefficient (Wildman–Crippen LogP) is 2.58. The highest BCUT2D eigenvalue weighted by molar-refractivity contribution is 9.10. The lowest BCUT2D eigenvalue weighted by atomic mass is 10.2. The number of anilines is 1. The summed E-state index contributed by atoms with van der Waals surface area (Å²) in [6, 6.07) is 11.3. The molecule has 0 bridgehead atoms. The lowest BCUT2D eigenvalue weighted by molar-refractivity contribution is -0.116. The molecular formula is C20H19BrN4O4S. The minimum Gasteiger partial charge on any atom is -0.324 e. The van der Waals surface area contributed by atoms with Crippen LogP contribution < -0.4 is 10.9 Å². The molecule has 0 atom stereocenters. The summed E-state index contributed by atoms with van der Waals surface area (Å²) < 4.78 is 28.8. The molecule has 0 unspecified atom stereocenters. The van der Waals surface area contributed by atoms with Crippen molar-refractivity contribution in [3.05, 3.63) is 63.6 Å². The Labute approximate surface area is 181 Å². The van der Waals surface area contributed by atoms with Crippen molar-refractivity contribution in [1.82, 2.24) is 13.9 Å². The van der Waals surface area contributed by atoms with Gasteiger partial charge in [-0.3, -0.25) is 14.2 Å². The van der Waals surface area contributed by atoms with Crippen molar-refractivity contribution in [3.8, 4) is 0 Å². The zero-order chi connectivity index (χ0) is 21.3. The number of halogens is 1. The maximum Gasteiger partial charge on any atom is 0.261 e. The molecule has 2 heterocycles. The van der Waals surface area contributed by atoms with Gasteiger partial charge in [-0.1, -0.05) is 22.0 Å². The molecule has 1 fully saturated rings. The van der Waals surface area contributed by atoms with Crippen LogP contribution in [0.3, 0.4) is 0 Å². The number of nitrogens with one attached hydrogen (secondary N) is 1. The van der Waals surface area contributed by atoms with Gasteiger partial charge in [0.1, 0.15) is 6.54 Å². The van der Waals surface area contributed by atoms with Gasteiger partial charge >= 0.3 is 0 Å². The molecule has 8 nitrogen and oxygen atoms in total. The number of fused-ring (bicyclic) bond motifs is 1. The van der Waals surface area contributed by atoms with E-state index in [1.807, 2.05) is 0 Å². The predicted molar refractivity (Wildman–Crippen MR) is 117 cm³/mol. The van der Waals surface area contributed by atoms with Crippen LogP contribution in [0, 0.1) is 0 Å². The summed E-state index contributed by atoms with van der Waals surface area (Å²) in [5.74, 6) is -0.455. The molecule has 30 heavy (non-hydrogen) atoms. The maximum atomic E-state index is 12.7. The molecular weight excluding hydrogens is 472 g/mol. The smallest absolute Gasteiger partial charge is 0.261 e. The first kappa shape index (κ1) is 20.7. The first-order valence-corrected chi connectivity index (χ1v) is 11.6. The highest BCUT2D eigenvalue weighted by Gasteiger charge is 2.27. The van der Waals surface area contributed by atoms with E-state index >= 15 is 0 Å². The van der Waals surface area contributed by atoms with Crippen molar-refractivity contribution in [2.45, 2.75) is 24.3 Å². The normalized spacial score (nSPS) is 14.8. The molecule has 0 saturated carbocycles. The summed E-state index contributed by atoms with van der Waals surface area (Å²) in [6.45, 7) is 0.775. The van der Waals surface area contributed by atoms with E-state index in [0.29, 0.717) is 29.7 Å². The SMILES string of the molecule is O=C(Cn1cnc2ccc(Br)cc2c1=O)Nc1cccc(S(=O)(=O)N2CCCC2)c1. The lowest BCUT2D eigenvalue weighted by Crippen LogP contribution is -2.29. The van der Waals surface area contributed by atoms with Gasteiger partial charge in [0, 0.05) is 23.2 Å². The highest BCUT2D eigenvalue weighted by atomic mass is 79.9. The standard InChI is InChI=1S/C20H19BrN4O4S/c21-14-6-7-18-17(10-14)20(27)24(13-22-18)12-19(26)23-15-4-3-5-16(11-15)30(28,29)25-8-1-2-9-25/h3-7,10-11,13H,1-2,8-9,12H2,(H,23,26). The summed E-state index contributed by atoms with van der Waals surface area (Å²) in [5, 5.41) is 3.06. The molecule has 1 aliphatic rings. The molecule has 1 N–H and O–H groups in total. The molecule has 156 valence electrons. The van der Waals surface area contributed by atoms with E-state index < -0.39 is 15.9 Å². The Morgan fingerprint density at radius 3 is 2.67 bits per heavy atom. The fraction of sp³-hybridized carbons (Fsp3) is 0.250. The molecule has 4 rings (SSSR count). The molecule has 0 radical (unpaired) electrons. The summed E-state index contributed by atoms with van der Waals surface area (Å²) in [4.78, 5) is 29.5. The third kappa shape index (κ3) is 4.16. The average molecular weight is 491 g/mol. The van der Waals surface area contributed by atoms with Crippen molar-refractivity contribution in [2.24, 2.45) is 0 Å². The Bertz CT molecular complexity index is 1280. The first-order chi connectivity index (χ1) is 14.3. The summed E-state index contributed by atoms with van der Waals surface area (Å²) >= 11 is 3.33. The molecule has 0 aliphatic carbocycles. The molecule has 1 aromatic heterocycles. The van der Waals surface area contributed by atoms with Crippen LogP contribution in [0.25, 0.3) is 10.9 Å². The van der Waals surface area contributed by atoms with Gasteiger partial charge in [-0.2, -0.15) is 4.31 Å². The van der Waals surface area contributed by atoms with Gasteiger partial charge in [0.15, 0.2) is 0 Å². The Morgan fingerprint density at radius 1 is 1.13 bits per heavy atom. The van der Waals surface area contributed by atoms with Crippen LogP contribution in [0.5, 0.6) is 0 Å². The van der Waals surface area contributed by atoms with Gasteiger partial charge in [-0.25, -0.2) is 13.4 Å². The minimum atomic E-state index is -3.58. The van der Waals surface area contributed by atoms with Crippen LogP contribution in [0.15, 0.2) is 63.0 Å². The van der Waals surface area contributed by atoms with Gasteiger partial charge in [-0.05, 0) is 49.2 Å². The van der Waals surface area contributed by atoms with Crippen LogP contribution in [0.2, 0.25) is 0 Å². The van der Waals surface area contributed by atoms with E-state index in [1.54, 1.807) is 30.3 Å². The van der Waals surface area contributed by atoms with Crippen molar-refractivity contribution < 1.29 is 13.2 Å². The number of benzene rings is 2. The number of hydrogen-bond acceptors (Lipinski definition) is 5. The summed E-state index contributed by atoms with van der Waals surface area (Å²) in [6.07, 6.45) is 3.02. The zero-order valence-corrected chi connectivity index (χ0v) is 18.3. The second-order valence-corrected chi connectivity index (χ2v) is 9.88. The van der Waals surface area contributed by atoms with E-state index in [1.165, 1.54) is 27.3 Å². The van der Waals surface area contributed by atoms with E-state index in [4.69, 9.17) is 0 Å². The fourth-order valence-electron chi connectivity index (χ4n) is 3.41. The largest absolute Gasteiger partial charge is 0.324 e. The molecule has 10 heteroatoms. The van der Waals surface area contributed by atoms with Crippen LogP contribution >= 0.6 is 15.9 Å². The van der Waals surface area contributed by atoms with Gasteiger partial charge in [-0.15, -0.1) is 0 Å². The molecule has 2 aromatic carbocycles. The molecule has 0 spiro atoms. The first-order valence-electron chi connectivity index (χ1n) is 9.39.